The summed E-state index contributed by atoms with van der Waals surface area (Å²) in [5, 5.41) is 19.6. The largest absolute Gasteiger partial charge is 0.391 e. The Morgan fingerprint density at radius 3 is 2.47 bits per heavy atom. The number of rotatable bonds is 2. The summed E-state index contributed by atoms with van der Waals surface area (Å²) in [6.45, 7) is 7.28. The van der Waals surface area contributed by atoms with E-state index in [1.807, 2.05) is 6.92 Å². The van der Waals surface area contributed by atoms with Crippen molar-refractivity contribution < 1.29 is 15.0 Å². The first-order valence-electron chi connectivity index (χ1n) is 6.23. The van der Waals surface area contributed by atoms with E-state index in [0.717, 1.165) is 6.42 Å². The number of Topliss-reactive ketones (excluding diaryl/α,β-unsaturated/α-hetero) is 1. The first-order valence-corrected chi connectivity index (χ1v) is 6.23. The fourth-order valence-electron chi connectivity index (χ4n) is 2.36. The van der Waals surface area contributed by atoms with Crippen molar-refractivity contribution in [3.63, 3.8) is 0 Å². The van der Waals surface area contributed by atoms with E-state index in [2.05, 4.69) is 11.8 Å². The lowest BCUT2D eigenvalue weighted by molar-refractivity contribution is -0.129. The first-order chi connectivity index (χ1) is 7.82. The standard InChI is InChI=1S/C14H22O3/c1-5-6-10(15)7-8-11-9(2)12(16)14(3,4)13(11)17/h9-11,13,15,17H,5-6H2,1-4H3. The van der Waals surface area contributed by atoms with E-state index in [-0.39, 0.29) is 17.6 Å². The van der Waals surface area contributed by atoms with Gasteiger partial charge >= 0.3 is 0 Å². The number of aliphatic hydroxyl groups is 2. The maximum absolute atomic E-state index is 11.9. The van der Waals surface area contributed by atoms with Gasteiger partial charge in [-0.3, -0.25) is 4.79 Å². The maximum atomic E-state index is 11.9. The SMILES string of the molecule is CCCC(O)C#CC1C(C)C(=O)C(C)(C)C1O. The van der Waals surface area contributed by atoms with E-state index in [1.165, 1.54) is 0 Å². The third-order valence-corrected chi connectivity index (χ3v) is 3.65. The van der Waals surface area contributed by atoms with Crippen LogP contribution in [-0.4, -0.2) is 28.2 Å². The average Bonchev–Trinajstić information content (AvgIpc) is 2.40. The van der Waals surface area contributed by atoms with Crippen LogP contribution in [0.2, 0.25) is 0 Å². The van der Waals surface area contributed by atoms with E-state index in [1.54, 1.807) is 20.8 Å². The molecule has 4 atom stereocenters. The molecule has 0 aromatic rings. The molecule has 1 aliphatic rings. The third kappa shape index (κ3) is 2.70. The molecule has 4 unspecified atom stereocenters. The summed E-state index contributed by atoms with van der Waals surface area (Å²) in [4.78, 5) is 11.9. The summed E-state index contributed by atoms with van der Waals surface area (Å²) < 4.78 is 0. The van der Waals surface area contributed by atoms with E-state index in [4.69, 9.17) is 0 Å². The van der Waals surface area contributed by atoms with Crippen LogP contribution in [0.5, 0.6) is 0 Å². The molecule has 1 fully saturated rings. The molecule has 0 radical (unpaired) electrons. The maximum Gasteiger partial charge on any atom is 0.145 e. The zero-order valence-electron chi connectivity index (χ0n) is 11.0. The summed E-state index contributed by atoms with van der Waals surface area (Å²) in [5.41, 5.74) is -0.728. The van der Waals surface area contributed by atoms with Crippen molar-refractivity contribution in [1.29, 1.82) is 0 Å². The van der Waals surface area contributed by atoms with Gasteiger partial charge in [0.1, 0.15) is 11.9 Å². The molecule has 0 amide bonds. The van der Waals surface area contributed by atoms with Gasteiger partial charge in [0.2, 0.25) is 0 Å². The van der Waals surface area contributed by atoms with Crippen molar-refractivity contribution in [1.82, 2.24) is 0 Å². The zero-order chi connectivity index (χ0) is 13.2. The van der Waals surface area contributed by atoms with Crippen LogP contribution in [-0.2, 0) is 4.79 Å². The van der Waals surface area contributed by atoms with Gasteiger partial charge in [-0.2, -0.15) is 0 Å². The molecule has 3 nitrogen and oxygen atoms in total. The Kier molecular flexibility index (Phi) is 4.35. The highest BCUT2D eigenvalue weighted by atomic mass is 16.3. The van der Waals surface area contributed by atoms with Crippen molar-refractivity contribution in [2.75, 3.05) is 0 Å². The van der Waals surface area contributed by atoms with E-state index in [0.29, 0.717) is 6.42 Å². The summed E-state index contributed by atoms with van der Waals surface area (Å²) >= 11 is 0. The van der Waals surface area contributed by atoms with Crippen LogP contribution in [0.3, 0.4) is 0 Å². The van der Waals surface area contributed by atoms with Crippen LogP contribution >= 0.6 is 0 Å². The summed E-state index contributed by atoms with van der Waals surface area (Å²) in [7, 11) is 0. The van der Waals surface area contributed by atoms with Gasteiger partial charge in [-0.1, -0.05) is 46.0 Å². The van der Waals surface area contributed by atoms with Gasteiger partial charge in [-0.25, -0.2) is 0 Å². The fourth-order valence-corrected chi connectivity index (χ4v) is 2.36. The second-order valence-corrected chi connectivity index (χ2v) is 5.44. The highest BCUT2D eigenvalue weighted by Crippen LogP contribution is 2.41. The number of aliphatic hydroxyl groups excluding tert-OH is 2. The first kappa shape index (κ1) is 14.2. The van der Waals surface area contributed by atoms with Crippen LogP contribution in [0, 0.1) is 29.1 Å². The summed E-state index contributed by atoms with van der Waals surface area (Å²) in [5.74, 6) is 5.05. The Labute approximate surface area is 103 Å². The monoisotopic (exact) mass is 238 g/mol. The number of hydrogen-bond donors (Lipinski definition) is 2. The molecule has 0 aromatic carbocycles. The Hall–Kier alpha value is -0.850. The Morgan fingerprint density at radius 1 is 1.47 bits per heavy atom. The quantitative estimate of drug-likeness (QED) is 0.714. The smallest absolute Gasteiger partial charge is 0.145 e. The molecule has 0 heterocycles. The van der Waals surface area contributed by atoms with Crippen LogP contribution in [0.4, 0.5) is 0 Å². The number of carbonyl (C=O) groups is 1. The Morgan fingerprint density at radius 2 is 2.06 bits per heavy atom. The molecule has 0 aromatic heterocycles. The molecular formula is C14H22O3. The molecular weight excluding hydrogens is 216 g/mol. The lowest BCUT2D eigenvalue weighted by atomic mass is 9.86. The second-order valence-electron chi connectivity index (χ2n) is 5.44. The molecule has 1 rings (SSSR count). The van der Waals surface area contributed by atoms with Gasteiger partial charge in [-0.15, -0.1) is 0 Å². The normalized spacial score (nSPS) is 33.1. The molecule has 17 heavy (non-hydrogen) atoms. The van der Waals surface area contributed by atoms with Gasteiger partial charge in [0.15, 0.2) is 0 Å². The second kappa shape index (κ2) is 5.20. The zero-order valence-corrected chi connectivity index (χ0v) is 11.0. The third-order valence-electron chi connectivity index (χ3n) is 3.65. The molecule has 0 saturated heterocycles. The number of hydrogen-bond acceptors (Lipinski definition) is 3. The molecule has 3 heteroatoms. The van der Waals surface area contributed by atoms with Crippen molar-refractivity contribution in [3.05, 3.63) is 0 Å². The van der Waals surface area contributed by atoms with E-state index >= 15 is 0 Å². The van der Waals surface area contributed by atoms with E-state index < -0.39 is 17.6 Å². The van der Waals surface area contributed by atoms with Crippen molar-refractivity contribution >= 4 is 5.78 Å². The molecule has 0 aliphatic heterocycles. The molecule has 1 aliphatic carbocycles. The average molecular weight is 238 g/mol. The molecule has 0 spiro atoms. The molecule has 2 N–H and O–H groups in total. The van der Waals surface area contributed by atoms with Crippen LogP contribution < -0.4 is 0 Å². The highest BCUT2D eigenvalue weighted by Gasteiger charge is 2.52. The Bertz CT molecular complexity index is 348. The van der Waals surface area contributed by atoms with Gasteiger partial charge in [0, 0.05) is 5.92 Å². The van der Waals surface area contributed by atoms with Crippen molar-refractivity contribution in [2.45, 2.75) is 52.7 Å². The van der Waals surface area contributed by atoms with Gasteiger partial charge in [0.05, 0.1) is 17.4 Å². The fraction of sp³-hybridized carbons (Fsp3) is 0.786. The van der Waals surface area contributed by atoms with Gasteiger partial charge in [0.25, 0.3) is 0 Å². The summed E-state index contributed by atoms with van der Waals surface area (Å²) in [6.07, 6.45) is 0.0921. The van der Waals surface area contributed by atoms with Crippen molar-refractivity contribution in [3.8, 4) is 11.8 Å². The lowest BCUT2D eigenvalue weighted by Gasteiger charge is -2.21. The Balaban J connectivity index is 2.82. The minimum atomic E-state index is -0.744. The van der Waals surface area contributed by atoms with Gasteiger partial charge in [-0.05, 0) is 6.42 Å². The number of ketones is 1. The van der Waals surface area contributed by atoms with Crippen molar-refractivity contribution in [2.24, 2.45) is 17.3 Å². The predicted molar refractivity (Wildman–Crippen MR) is 66.1 cm³/mol. The van der Waals surface area contributed by atoms with E-state index in [9.17, 15) is 15.0 Å². The van der Waals surface area contributed by atoms with Crippen LogP contribution in [0.1, 0.15) is 40.5 Å². The van der Waals surface area contributed by atoms with Crippen LogP contribution in [0.25, 0.3) is 0 Å². The molecule has 0 bridgehead atoms. The lowest BCUT2D eigenvalue weighted by Crippen LogP contribution is -2.31. The van der Waals surface area contributed by atoms with Gasteiger partial charge < -0.3 is 10.2 Å². The number of carbonyl (C=O) groups excluding carboxylic acids is 1. The summed E-state index contributed by atoms with van der Waals surface area (Å²) in [6, 6.07) is 0. The van der Waals surface area contributed by atoms with Crippen LogP contribution in [0.15, 0.2) is 0 Å². The predicted octanol–water partition coefficient (Wildman–Crippen LogP) is 1.37. The topological polar surface area (TPSA) is 57.5 Å². The highest BCUT2D eigenvalue weighted by molar-refractivity contribution is 5.90. The molecule has 1 saturated carbocycles. The minimum Gasteiger partial charge on any atom is -0.391 e. The minimum absolute atomic E-state index is 0.0503. The molecule has 96 valence electrons.